The Morgan fingerprint density at radius 3 is 0.547 bits per heavy atom. The minimum Gasteiger partial charge on any atom is -0.360 e. The molecule has 2 nitrogen and oxygen atoms in total. The van der Waals surface area contributed by atoms with Crippen molar-refractivity contribution in [3.63, 3.8) is 0 Å². The molecule has 9 heteroatoms. The second-order valence-electron chi connectivity index (χ2n) is 15.8. The molecule has 0 aliphatic heterocycles. The zero-order valence-electron chi connectivity index (χ0n) is 32.6. The maximum Gasteiger partial charge on any atom is 0.245 e. The molecule has 0 aliphatic carbocycles. The Morgan fingerprint density at radius 2 is 0.434 bits per heavy atom. The summed E-state index contributed by atoms with van der Waals surface area (Å²) < 4.78 is 8.39. The van der Waals surface area contributed by atoms with Gasteiger partial charge in [-0.15, -0.1) is 22.2 Å². The molecule has 53 heavy (non-hydrogen) atoms. The van der Waals surface area contributed by atoms with E-state index in [2.05, 4.69) is 231 Å². The average molecular weight is 824 g/mol. The van der Waals surface area contributed by atoms with Gasteiger partial charge in [0.05, 0.1) is 0 Å². The first kappa shape index (κ1) is 42.6. The van der Waals surface area contributed by atoms with Crippen LogP contribution in [0.5, 0.6) is 0 Å². The molecule has 0 saturated heterocycles. The van der Waals surface area contributed by atoms with Gasteiger partial charge in [-0.3, -0.25) is 0 Å². The maximum atomic E-state index is 5.43. The first-order chi connectivity index (χ1) is 25.0. The smallest absolute Gasteiger partial charge is 0.245 e. The van der Waals surface area contributed by atoms with Crippen molar-refractivity contribution in [3.8, 4) is 0 Å². The first-order valence-electron chi connectivity index (χ1n) is 18.3. The quantitative estimate of drug-likeness (QED) is 0.0826. The van der Waals surface area contributed by atoms with Crippen LogP contribution < -0.4 is 40.4 Å². The zero-order valence-corrected chi connectivity index (χ0v) is 39.1. The van der Waals surface area contributed by atoms with Crippen LogP contribution in [-0.2, 0) is 0 Å². The van der Waals surface area contributed by atoms with E-state index in [1.165, 1.54) is 31.1 Å². The molecular formula is C44H56Cl2N2Si5. The Morgan fingerprint density at radius 1 is 0.283 bits per heavy atom. The molecule has 6 rings (SSSR count). The van der Waals surface area contributed by atoms with E-state index in [1.54, 1.807) is 0 Å². The van der Waals surface area contributed by atoms with Gasteiger partial charge in [-0.25, -0.2) is 0 Å². The Labute approximate surface area is 334 Å². The minimum atomic E-state index is -2.80. The summed E-state index contributed by atoms with van der Waals surface area (Å²) in [6, 6.07) is 66.7. The number of hydrogen-bond acceptors (Lipinski definition) is 2. The SMILES string of the molecule is C[Si](C)(C)N[Si](C)(C)C.C[Si](C)(Cl)Cl.c1ccc([Si](N[Si](c2ccccc2)(c2ccccc2)c2ccccc2)(c2ccccc2)c2ccccc2)cc1. The summed E-state index contributed by atoms with van der Waals surface area (Å²) in [6.45, 7) is 16.2. The Kier molecular flexibility index (Phi) is 15.3. The molecular weight excluding hydrogens is 768 g/mol. The third-order valence-electron chi connectivity index (χ3n) is 8.37. The van der Waals surface area contributed by atoms with Gasteiger partial charge >= 0.3 is 0 Å². The number of rotatable bonds is 10. The molecule has 0 aromatic heterocycles. The highest BCUT2D eigenvalue weighted by Crippen LogP contribution is 2.13. The fraction of sp³-hybridized carbons (Fsp3) is 0.182. The van der Waals surface area contributed by atoms with E-state index in [-0.39, 0.29) is 0 Å². The maximum absolute atomic E-state index is 5.43. The monoisotopic (exact) mass is 822 g/mol. The summed E-state index contributed by atoms with van der Waals surface area (Å²) in [5.41, 5.74) is 0. The van der Waals surface area contributed by atoms with E-state index in [0.29, 0.717) is 0 Å². The second-order valence-corrected chi connectivity index (χ2v) is 42.1. The van der Waals surface area contributed by atoms with Gasteiger partial charge in [-0.1, -0.05) is 221 Å². The Hall–Kier alpha value is -3.10. The van der Waals surface area contributed by atoms with Crippen molar-refractivity contribution in [1.29, 1.82) is 0 Å². The number of hydrogen-bond donors (Lipinski definition) is 2. The van der Waals surface area contributed by atoms with Crippen molar-refractivity contribution in [1.82, 2.24) is 9.30 Å². The molecule has 0 fully saturated rings. The van der Waals surface area contributed by atoms with Gasteiger partial charge in [-0.05, 0) is 44.2 Å². The summed E-state index contributed by atoms with van der Waals surface area (Å²) in [5.74, 6) is 0. The van der Waals surface area contributed by atoms with Gasteiger partial charge in [0, 0.05) is 0 Å². The van der Waals surface area contributed by atoms with Crippen LogP contribution in [0.4, 0.5) is 0 Å². The van der Waals surface area contributed by atoms with Crippen LogP contribution in [-0.4, -0.2) is 39.6 Å². The average Bonchev–Trinajstić information content (AvgIpc) is 3.13. The van der Waals surface area contributed by atoms with Gasteiger partial charge < -0.3 is 9.30 Å². The molecule has 0 radical (unpaired) electrons. The lowest BCUT2D eigenvalue weighted by Crippen LogP contribution is -2.89. The van der Waals surface area contributed by atoms with Crippen molar-refractivity contribution < 1.29 is 0 Å². The molecule has 0 saturated carbocycles. The molecule has 0 aliphatic rings. The lowest BCUT2D eigenvalue weighted by molar-refractivity contribution is 1.30. The largest absolute Gasteiger partial charge is 0.360 e. The van der Waals surface area contributed by atoms with E-state index in [0.717, 1.165) is 0 Å². The van der Waals surface area contributed by atoms with E-state index in [9.17, 15) is 0 Å². The number of nitrogens with one attached hydrogen (secondary N) is 2. The fourth-order valence-electron chi connectivity index (χ4n) is 6.97. The Bertz CT molecular complexity index is 1580. The van der Waals surface area contributed by atoms with Crippen molar-refractivity contribution in [2.45, 2.75) is 52.4 Å². The third kappa shape index (κ3) is 12.5. The van der Waals surface area contributed by atoms with E-state index in [1.807, 2.05) is 13.1 Å². The molecule has 0 bridgehead atoms. The number of halogens is 2. The summed E-state index contributed by atoms with van der Waals surface area (Å²) in [4.78, 5) is 0. The molecule has 0 unspecified atom stereocenters. The topological polar surface area (TPSA) is 24.1 Å². The molecule has 2 N–H and O–H groups in total. The van der Waals surface area contributed by atoms with E-state index >= 15 is 0 Å². The molecule has 6 aromatic carbocycles. The van der Waals surface area contributed by atoms with Gasteiger partial charge in [0.15, 0.2) is 0 Å². The van der Waals surface area contributed by atoms with Crippen LogP contribution in [0.15, 0.2) is 182 Å². The lowest BCUT2D eigenvalue weighted by Gasteiger charge is -2.44. The highest BCUT2D eigenvalue weighted by atomic mass is 35.7. The van der Waals surface area contributed by atoms with Crippen molar-refractivity contribution in [3.05, 3.63) is 182 Å². The standard InChI is InChI=1S/C36H31NSi2.C6H19NSi2.C2H6Cl2Si/c1-7-19-31(20-8-1)38(32-21-9-2-10-22-32,33-23-11-3-12-24-33)37-39(34-25-13-4-14-26-34,35-27-15-5-16-28-35)36-29-17-6-18-30-36;1-8(2,3)7-9(4,5)6;1-5(2,3)4/h1-30,37H;7H,1-6H3;1-2H3. The van der Waals surface area contributed by atoms with E-state index < -0.39 is 39.6 Å². The first-order valence-corrected chi connectivity index (χ1v) is 34.4. The van der Waals surface area contributed by atoms with Gasteiger partial charge in [0.1, 0.15) is 16.5 Å². The number of benzene rings is 6. The van der Waals surface area contributed by atoms with Crippen LogP contribution in [0.1, 0.15) is 0 Å². The van der Waals surface area contributed by atoms with Crippen molar-refractivity contribution in [2.75, 3.05) is 0 Å². The van der Waals surface area contributed by atoms with Crippen molar-refractivity contribution >= 4 is 92.9 Å². The van der Waals surface area contributed by atoms with Crippen molar-refractivity contribution in [2.24, 2.45) is 0 Å². The molecule has 0 spiro atoms. The van der Waals surface area contributed by atoms with Crippen LogP contribution in [0.25, 0.3) is 0 Å². The molecule has 6 aromatic rings. The summed E-state index contributed by atoms with van der Waals surface area (Å²) in [6.07, 6.45) is 0. The Balaban J connectivity index is 0.000000382. The van der Waals surface area contributed by atoms with Gasteiger partial charge in [0.2, 0.25) is 23.2 Å². The normalized spacial score (nSPS) is 12.1. The van der Waals surface area contributed by atoms with Gasteiger partial charge in [0.25, 0.3) is 0 Å². The summed E-state index contributed by atoms with van der Waals surface area (Å²) >= 11 is 10.9. The second kappa shape index (κ2) is 19.0. The van der Waals surface area contributed by atoms with E-state index in [4.69, 9.17) is 22.2 Å². The molecule has 0 atom stereocenters. The highest BCUT2D eigenvalue weighted by molar-refractivity contribution is 7.44. The van der Waals surface area contributed by atoms with Crippen LogP contribution in [0.2, 0.25) is 52.4 Å². The fourth-order valence-corrected chi connectivity index (χ4v) is 27.8. The molecule has 0 heterocycles. The summed E-state index contributed by atoms with van der Waals surface area (Å²) in [5, 5.41) is 8.09. The van der Waals surface area contributed by atoms with Crippen LogP contribution >= 0.6 is 22.2 Å². The zero-order chi connectivity index (χ0) is 38.6. The van der Waals surface area contributed by atoms with Gasteiger partial charge in [-0.2, -0.15) is 0 Å². The molecule has 276 valence electrons. The summed E-state index contributed by atoms with van der Waals surface area (Å²) in [7, 11) is -7.55. The highest BCUT2D eigenvalue weighted by Gasteiger charge is 2.50. The van der Waals surface area contributed by atoms with Crippen LogP contribution in [0, 0.1) is 0 Å². The predicted molar refractivity (Wildman–Crippen MR) is 250 cm³/mol. The predicted octanol–water partition coefficient (Wildman–Crippen LogP) is 8.32. The lowest BCUT2D eigenvalue weighted by atomic mass is 10.3. The minimum absolute atomic E-state index is 0.981. The molecule has 0 amide bonds. The third-order valence-corrected chi connectivity index (χ3v) is 24.6. The van der Waals surface area contributed by atoms with Crippen LogP contribution in [0.3, 0.4) is 0 Å².